The Bertz CT molecular complexity index is 527. The number of hydrogen-bond donors (Lipinski definition) is 0. The molecule has 0 fully saturated rings. The Balaban J connectivity index is 3.31. The van der Waals surface area contributed by atoms with Gasteiger partial charge in [-0.2, -0.15) is 20.9 Å². The van der Waals surface area contributed by atoms with Crippen molar-refractivity contribution in [3.8, 4) is 18.2 Å². The van der Waals surface area contributed by atoms with Crippen LogP contribution in [0.1, 0.15) is 16.8 Å². The lowest BCUT2D eigenvalue weighted by Gasteiger charge is -2.18. The van der Waals surface area contributed by atoms with Crippen molar-refractivity contribution in [1.82, 2.24) is 10.2 Å². The van der Waals surface area contributed by atoms with Gasteiger partial charge in [0.1, 0.15) is 24.7 Å². The smallest absolute Gasteiger partial charge is 0.171 e. The monoisotopic (exact) mass is 226 g/mol. The highest BCUT2D eigenvalue weighted by Crippen LogP contribution is 2.20. The van der Waals surface area contributed by atoms with E-state index in [1.54, 1.807) is 13.8 Å². The van der Waals surface area contributed by atoms with Crippen molar-refractivity contribution in [2.75, 3.05) is 18.0 Å². The van der Waals surface area contributed by atoms with Gasteiger partial charge in [-0.25, -0.2) is 0 Å². The highest BCUT2D eigenvalue weighted by molar-refractivity contribution is 5.58. The molecule has 0 saturated carbocycles. The van der Waals surface area contributed by atoms with Crippen molar-refractivity contribution >= 4 is 5.82 Å². The van der Waals surface area contributed by atoms with Gasteiger partial charge in [-0.15, -0.1) is 5.10 Å². The van der Waals surface area contributed by atoms with E-state index in [-0.39, 0.29) is 13.1 Å². The van der Waals surface area contributed by atoms with Crippen molar-refractivity contribution in [1.29, 1.82) is 15.8 Å². The Morgan fingerprint density at radius 3 is 2.12 bits per heavy atom. The average molecular weight is 226 g/mol. The first-order valence-electron chi connectivity index (χ1n) is 4.88. The third-order valence-electron chi connectivity index (χ3n) is 2.37. The van der Waals surface area contributed by atoms with Crippen LogP contribution >= 0.6 is 0 Å². The fourth-order valence-corrected chi connectivity index (χ4v) is 1.33. The molecule has 1 aromatic heterocycles. The van der Waals surface area contributed by atoms with Gasteiger partial charge >= 0.3 is 0 Å². The fourth-order valence-electron chi connectivity index (χ4n) is 1.33. The molecule has 0 aromatic carbocycles. The van der Waals surface area contributed by atoms with E-state index in [2.05, 4.69) is 10.2 Å². The summed E-state index contributed by atoms with van der Waals surface area (Å²) in [5.74, 6) is 0.290. The molecule has 0 N–H and O–H groups in total. The SMILES string of the molecule is Cc1nnc(N(CC#N)CC#N)c(C#N)c1C. The van der Waals surface area contributed by atoms with Crippen molar-refractivity contribution in [3.63, 3.8) is 0 Å². The topological polar surface area (TPSA) is 100 Å². The fraction of sp³-hybridized carbons (Fsp3) is 0.364. The van der Waals surface area contributed by atoms with E-state index < -0.39 is 0 Å². The van der Waals surface area contributed by atoms with E-state index in [0.717, 1.165) is 5.56 Å². The van der Waals surface area contributed by atoms with Crippen molar-refractivity contribution < 1.29 is 0 Å². The number of nitriles is 3. The van der Waals surface area contributed by atoms with Crippen LogP contribution in [0.5, 0.6) is 0 Å². The quantitative estimate of drug-likeness (QED) is 0.707. The average Bonchev–Trinajstić information content (AvgIpc) is 2.32. The summed E-state index contributed by atoms with van der Waals surface area (Å²) in [6.45, 7) is 3.52. The third kappa shape index (κ3) is 2.48. The summed E-state index contributed by atoms with van der Waals surface area (Å²) in [5, 5.41) is 34.3. The molecule has 17 heavy (non-hydrogen) atoms. The van der Waals surface area contributed by atoms with Gasteiger partial charge in [0.05, 0.1) is 17.8 Å². The number of hydrogen-bond acceptors (Lipinski definition) is 6. The standard InChI is InChI=1S/C11H10N6/c1-8-9(2)15-16-11(10(8)7-14)17(5-3-12)6-4-13/h5-6H2,1-2H3. The van der Waals surface area contributed by atoms with E-state index in [4.69, 9.17) is 15.8 Å². The maximum atomic E-state index is 9.10. The molecule has 0 radical (unpaired) electrons. The summed E-state index contributed by atoms with van der Waals surface area (Å²) in [5.41, 5.74) is 1.75. The zero-order valence-corrected chi connectivity index (χ0v) is 9.60. The second-order valence-corrected chi connectivity index (χ2v) is 3.39. The number of aryl methyl sites for hydroxylation is 1. The first kappa shape index (κ1) is 12.4. The van der Waals surface area contributed by atoms with Crippen molar-refractivity contribution in [2.45, 2.75) is 13.8 Å². The van der Waals surface area contributed by atoms with Gasteiger partial charge in [0, 0.05) is 0 Å². The number of nitrogens with zero attached hydrogens (tertiary/aromatic N) is 6. The summed E-state index contributed by atoms with van der Waals surface area (Å²) in [6, 6.07) is 5.91. The Hall–Kier alpha value is -2.65. The van der Waals surface area contributed by atoms with Gasteiger partial charge in [-0.05, 0) is 19.4 Å². The second kappa shape index (κ2) is 5.44. The van der Waals surface area contributed by atoms with E-state index in [0.29, 0.717) is 17.1 Å². The molecule has 0 aliphatic carbocycles. The summed E-state index contributed by atoms with van der Waals surface area (Å²) in [4.78, 5) is 1.43. The lowest BCUT2D eigenvalue weighted by molar-refractivity contribution is 0.866. The predicted molar refractivity (Wildman–Crippen MR) is 59.7 cm³/mol. The molecule has 0 aliphatic heterocycles. The van der Waals surface area contributed by atoms with E-state index >= 15 is 0 Å². The molecular formula is C11H10N6. The Morgan fingerprint density at radius 1 is 1.06 bits per heavy atom. The highest BCUT2D eigenvalue weighted by atomic mass is 15.3. The van der Waals surface area contributed by atoms with Crippen LogP contribution in [0.3, 0.4) is 0 Å². The molecule has 0 unspecified atom stereocenters. The maximum absolute atomic E-state index is 9.10. The molecule has 84 valence electrons. The minimum atomic E-state index is -0.000574. The molecule has 6 nitrogen and oxygen atoms in total. The van der Waals surface area contributed by atoms with Crippen LogP contribution in [0.4, 0.5) is 5.82 Å². The predicted octanol–water partition coefficient (Wildman–Crippen LogP) is 0.819. The van der Waals surface area contributed by atoms with Gasteiger partial charge in [-0.3, -0.25) is 0 Å². The van der Waals surface area contributed by atoms with Crippen LogP contribution in [0, 0.1) is 47.8 Å². The molecule has 1 heterocycles. The molecule has 0 saturated heterocycles. The minimum Gasteiger partial charge on any atom is -0.327 e. The van der Waals surface area contributed by atoms with E-state index in [1.807, 2.05) is 18.2 Å². The van der Waals surface area contributed by atoms with Crippen molar-refractivity contribution in [3.05, 3.63) is 16.8 Å². The van der Waals surface area contributed by atoms with Crippen LogP contribution in [-0.2, 0) is 0 Å². The minimum absolute atomic E-state index is 0.000574. The number of anilines is 1. The molecule has 0 aliphatic rings. The molecule has 6 heteroatoms. The lowest BCUT2D eigenvalue weighted by atomic mass is 10.1. The van der Waals surface area contributed by atoms with E-state index in [1.165, 1.54) is 4.90 Å². The molecule has 1 aromatic rings. The first-order valence-corrected chi connectivity index (χ1v) is 4.88. The highest BCUT2D eigenvalue weighted by Gasteiger charge is 2.16. The molecule has 0 bridgehead atoms. The molecule has 0 spiro atoms. The Morgan fingerprint density at radius 2 is 1.65 bits per heavy atom. The third-order valence-corrected chi connectivity index (χ3v) is 2.37. The molecule has 0 amide bonds. The first-order chi connectivity index (χ1) is 8.15. The van der Waals surface area contributed by atoms with Gasteiger partial charge in [0.25, 0.3) is 0 Å². The maximum Gasteiger partial charge on any atom is 0.171 e. The molecular weight excluding hydrogens is 216 g/mol. The Labute approximate surface area is 99.3 Å². The summed E-state index contributed by atoms with van der Waals surface area (Å²) < 4.78 is 0. The van der Waals surface area contributed by atoms with Gasteiger partial charge in [0.15, 0.2) is 5.82 Å². The van der Waals surface area contributed by atoms with Gasteiger partial charge < -0.3 is 4.90 Å². The van der Waals surface area contributed by atoms with Crippen LogP contribution in [-0.4, -0.2) is 23.3 Å². The zero-order chi connectivity index (χ0) is 12.8. The van der Waals surface area contributed by atoms with Crippen LogP contribution in [0.25, 0.3) is 0 Å². The Kier molecular flexibility index (Phi) is 3.97. The van der Waals surface area contributed by atoms with Crippen LogP contribution in [0.15, 0.2) is 0 Å². The summed E-state index contributed by atoms with van der Waals surface area (Å²) in [6.07, 6.45) is 0. The van der Waals surface area contributed by atoms with Crippen LogP contribution in [0.2, 0.25) is 0 Å². The largest absolute Gasteiger partial charge is 0.327 e. The van der Waals surface area contributed by atoms with E-state index in [9.17, 15) is 0 Å². The number of aromatic nitrogens is 2. The zero-order valence-electron chi connectivity index (χ0n) is 9.60. The summed E-state index contributed by atoms with van der Waals surface area (Å²) >= 11 is 0. The van der Waals surface area contributed by atoms with Crippen molar-refractivity contribution in [2.24, 2.45) is 0 Å². The van der Waals surface area contributed by atoms with Crippen LogP contribution < -0.4 is 4.90 Å². The van der Waals surface area contributed by atoms with Gasteiger partial charge in [0.2, 0.25) is 0 Å². The normalized spacial score (nSPS) is 8.88. The molecule has 0 atom stereocenters. The lowest BCUT2D eigenvalue weighted by Crippen LogP contribution is -2.26. The molecule has 1 rings (SSSR count). The second-order valence-electron chi connectivity index (χ2n) is 3.39. The summed E-state index contributed by atoms with van der Waals surface area (Å²) in [7, 11) is 0. The van der Waals surface area contributed by atoms with Gasteiger partial charge in [-0.1, -0.05) is 0 Å². The number of rotatable bonds is 3.